The van der Waals surface area contributed by atoms with Crippen LogP contribution in [0.2, 0.25) is 0 Å². The molecule has 102 valence electrons. The zero-order valence-electron chi connectivity index (χ0n) is 10.2. The predicted molar refractivity (Wildman–Crippen MR) is 77.7 cm³/mol. The first-order chi connectivity index (χ1) is 7.93. The molecule has 0 spiro atoms. The lowest BCUT2D eigenvalue weighted by Crippen LogP contribution is -2.50. The number of hydrogen-bond donors (Lipinski definition) is 1. The summed E-state index contributed by atoms with van der Waals surface area (Å²) in [5, 5.41) is 3.41. The van der Waals surface area contributed by atoms with Crippen molar-refractivity contribution in [1.29, 1.82) is 0 Å². The number of ether oxygens (including phenoxy) is 1. The van der Waals surface area contributed by atoms with E-state index in [-0.39, 0.29) is 24.8 Å². The van der Waals surface area contributed by atoms with Gasteiger partial charge in [0.15, 0.2) is 0 Å². The van der Waals surface area contributed by atoms with Gasteiger partial charge in [0.2, 0.25) is 0 Å². The van der Waals surface area contributed by atoms with E-state index in [1.54, 1.807) is 0 Å². The average molecular weight is 291 g/mol. The van der Waals surface area contributed by atoms with Gasteiger partial charge in [-0.1, -0.05) is 30.3 Å². The van der Waals surface area contributed by atoms with Gasteiger partial charge in [-0.3, -0.25) is 4.90 Å². The molecule has 0 amide bonds. The van der Waals surface area contributed by atoms with E-state index < -0.39 is 0 Å². The van der Waals surface area contributed by atoms with E-state index in [9.17, 15) is 0 Å². The lowest BCUT2D eigenvalue weighted by atomic mass is 10.1. The van der Waals surface area contributed by atoms with Crippen LogP contribution >= 0.6 is 24.8 Å². The number of hydrogen-bond acceptors (Lipinski definition) is 3. The summed E-state index contributed by atoms with van der Waals surface area (Å²) in [6.07, 6.45) is 0.400. The van der Waals surface area contributed by atoms with Gasteiger partial charge in [-0.05, 0) is 5.56 Å². The van der Waals surface area contributed by atoms with E-state index in [1.165, 1.54) is 5.56 Å². The van der Waals surface area contributed by atoms with Crippen LogP contribution in [0.1, 0.15) is 5.56 Å². The van der Waals surface area contributed by atoms with E-state index >= 15 is 0 Å². The Bertz CT molecular complexity index is 350. The van der Waals surface area contributed by atoms with Crippen molar-refractivity contribution in [2.24, 2.45) is 0 Å². The molecule has 2 aliphatic heterocycles. The fraction of sp³-hybridized carbons (Fsp3) is 0.538. The summed E-state index contributed by atoms with van der Waals surface area (Å²) in [5.41, 5.74) is 1.40. The van der Waals surface area contributed by atoms with E-state index in [1.807, 2.05) is 0 Å². The van der Waals surface area contributed by atoms with Crippen molar-refractivity contribution in [1.82, 2.24) is 10.2 Å². The van der Waals surface area contributed by atoms with Crippen LogP contribution in [0.25, 0.3) is 0 Å². The van der Waals surface area contributed by atoms with Crippen LogP contribution in [0.5, 0.6) is 0 Å². The Kier molecular flexibility index (Phi) is 6.39. The number of benzene rings is 1. The Labute approximate surface area is 121 Å². The second kappa shape index (κ2) is 7.31. The zero-order chi connectivity index (χ0) is 10.8. The van der Waals surface area contributed by atoms with Gasteiger partial charge in [0, 0.05) is 32.2 Å². The number of nitrogens with one attached hydrogen (secondary N) is 1. The summed E-state index contributed by atoms with van der Waals surface area (Å²) in [6.45, 7) is 5.05. The molecular weight excluding hydrogens is 271 g/mol. The number of morpholine rings is 1. The fourth-order valence-corrected chi connectivity index (χ4v) is 2.68. The summed E-state index contributed by atoms with van der Waals surface area (Å²) in [7, 11) is 0. The molecule has 0 radical (unpaired) electrons. The molecule has 3 nitrogen and oxygen atoms in total. The largest absolute Gasteiger partial charge is 0.374 e. The molecule has 0 unspecified atom stereocenters. The van der Waals surface area contributed by atoms with Crippen LogP contribution < -0.4 is 5.32 Å². The van der Waals surface area contributed by atoms with Crippen molar-refractivity contribution in [3.63, 3.8) is 0 Å². The fourth-order valence-electron chi connectivity index (χ4n) is 2.68. The van der Waals surface area contributed by atoms with Crippen molar-refractivity contribution in [3.05, 3.63) is 35.9 Å². The molecule has 5 heteroatoms. The maximum absolute atomic E-state index is 5.77. The summed E-state index contributed by atoms with van der Waals surface area (Å²) in [4.78, 5) is 2.55. The molecule has 2 saturated heterocycles. The molecular formula is C13H20Cl2N2O. The Morgan fingerprint density at radius 2 is 1.94 bits per heavy atom. The van der Waals surface area contributed by atoms with Crippen molar-refractivity contribution >= 4 is 24.8 Å². The first kappa shape index (κ1) is 15.7. The number of halogens is 2. The van der Waals surface area contributed by atoms with Gasteiger partial charge in [-0.2, -0.15) is 0 Å². The summed E-state index contributed by atoms with van der Waals surface area (Å²) < 4.78 is 5.77. The molecule has 2 fully saturated rings. The second-order valence-electron chi connectivity index (χ2n) is 4.59. The quantitative estimate of drug-likeness (QED) is 0.897. The van der Waals surface area contributed by atoms with Crippen molar-refractivity contribution in [2.45, 2.75) is 18.7 Å². The van der Waals surface area contributed by atoms with Crippen LogP contribution in [0.4, 0.5) is 0 Å². The Morgan fingerprint density at radius 1 is 1.17 bits per heavy atom. The van der Waals surface area contributed by atoms with Crippen LogP contribution in [-0.4, -0.2) is 43.3 Å². The molecule has 0 saturated carbocycles. The number of fused-ring (bicyclic) bond motifs is 1. The van der Waals surface area contributed by atoms with Gasteiger partial charge in [-0.15, -0.1) is 24.8 Å². The molecule has 2 atom stereocenters. The zero-order valence-corrected chi connectivity index (χ0v) is 11.9. The van der Waals surface area contributed by atoms with Gasteiger partial charge < -0.3 is 10.1 Å². The van der Waals surface area contributed by atoms with Crippen molar-refractivity contribution in [3.8, 4) is 0 Å². The lowest BCUT2D eigenvalue weighted by molar-refractivity contribution is -0.0500. The molecule has 1 N–H and O–H groups in total. The smallest absolute Gasteiger partial charge is 0.0867 e. The lowest BCUT2D eigenvalue weighted by Gasteiger charge is -2.36. The Morgan fingerprint density at radius 3 is 2.72 bits per heavy atom. The van der Waals surface area contributed by atoms with E-state index in [0.29, 0.717) is 12.1 Å². The standard InChI is InChI=1S/C13H18N2O.2ClH/c1-2-4-11(5-3-1)10-15-6-7-16-13-9-14-8-12(13)15;;/h1-5,12-14H,6-10H2;2*1H/t12-,13-;;/m0../s1. The normalized spacial score (nSPS) is 26.9. The third-order valence-electron chi connectivity index (χ3n) is 3.54. The molecule has 0 aromatic heterocycles. The van der Waals surface area contributed by atoms with Crippen molar-refractivity contribution < 1.29 is 4.74 Å². The van der Waals surface area contributed by atoms with Gasteiger partial charge in [-0.25, -0.2) is 0 Å². The minimum atomic E-state index is 0. The van der Waals surface area contributed by atoms with Gasteiger partial charge in [0.25, 0.3) is 0 Å². The summed E-state index contributed by atoms with van der Waals surface area (Å²) in [6, 6.07) is 11.3. The third-order valence-corrected chi connectivity index (χ3v) is 3.54. The van der Waals surface area contributed by atoms with Crippen LogP contribution in [-0.2, 0) is 11.3 Å². The van der Waals surface area contributed by atoms with Crippen LogP contribution in [0.3, 0.4) is 0 Å². The van der Waals surface area contributed by atoms with Crippen LogP contribution in [0, 0.1) is 0 Å². The molecule has 1 aromatic rings. The Balaban J connectivity index is 0.000000810. The topological polar surface area (TPSA) is 24.5 Å². The monoisotopic (exact) mass is 290 g/mol. The van der Waals surface area contributed by atoms with Gasteiger partial charge in [0.1, 0.15) is 0 Å². The molecule has 0 aliphatic carbocycles. The van der Waals surface area contributed by atoms with E-state index in [4.69, 9.17) is 4.74 Å². The van der Waals surface area contributed by atoms with E-state index in [2.05, 4.69) is 40.5 Å². The first-order valence-corrected chi connectivity index (χ1v) is 6.04. The highest BCUT2D eigenvalue weighted by atomic mass is 35.5. The van der Waals surface area contributed by atoms with E-state index in [0.717, 1.165) is 32.8 Å². The first-order valence-electron chi connectivity index (χ1n) is 6.04. The predicted octanol–water partition coefficient (Wildman–Crippen LogP) is 1.70. The molecule has 1 aromatic carbocycles. The molecule has 3 rings (SSSR count). The van der Waals surface area contributed by atoms with Gasteiger partial charge >= 0.3 is 0 Å². The minimum Gasteiger partial charge on any atom is -0.374 e. The number of rotatable bonds is 2. The third kappa shape index (κ3) is 3.37. The summed E-state index contributed by atoms with van der Waals surface area (Å²) in [5.74, 6) is 0. The maximum Gasteiger partial charge on any atom is 0.0867 e. The molecule has 0 bridgehead atoms. The molecule has 18 heavy (non-hydrogen) atoms. The minimum absolute atomic E-state index is 0. The maximum atomic E-state index is 5.77. The summed E-state index contributed by atoms with van der Waals surface area (Å²) >= 11 is 0. The molecule has 2 aliphatic rings. The SMILES string of the molecule is Cl.Cl.c1ccc(CN2CCO[C@H]3CNC[C@@H]32)cc1. The van der Waals surface area contributed by atoms with Crippen molar-refractivity contribution in [2.75, 3.05) is 26.2 Å². The second-order valence-corrected chi connectivity index (χ2v) is 4.59. The molecule has 2 heterocycles. The highest BCUT2D eigenvalue weighted by Crippen LogP contribution is 2.19. The Hall–Kier alpha value is -0.320. The highest BCUT2D eigenvalue weighted by Gasteiger charge is 2.35. The van der Waals surface area contributed by atoms with Crippen LogP contribution in [0.15, 0.2) is 30.3 Å². The average Bonchev–Trinajstić information content (AvgIpc) is 2.80. The highest BCUT2D eigenvalue weighted by molar-refractivity contribution is 5.85. The van der Waals surface area contributed by atoms with Gasteiger partial charge in [0.05, 0.1) is 12.7 Å². The number of nitrogens with zero attached hydrogens (tertiary/aromatic N) is 1.